The van der Waals surface area contributed by atoms with E-state index in [0.717, 1.165) is 58.9 Å². The van der Waals surface area contributed by atoms with Gasteiger partial charge in [0, 0.05) is 31.3 Å². The van der Waals surface area contributed by atoms with Gasteiger partial charge in [-0.1, -0.05) is 18.2 Å². The second kappa shape index (κ2) is 8.30. The number of aromatic nitrogens is 3. The Labute approximate surface area is 174 Å². The molecule has 7 heteroatoms. The van der Waals surface area contributed by atoms with Crippen molar-refractivity contribution in [2.75, 3.05) is 33.4 Å². The molecule has 0 bridgehead atoms. The second-order valence-electron chi connectivity index (χ2n) is 7.33. The summed E-state index contributed by atoms with van der Waals surface area (Å²) in [4.78, 5) is 9.48. The number of nitrogens with one attached hydrogen (secondary N) is 1. The first-order valence-corrected chi connectivity index (χ1v) is 10.2. The Morgan fingerprint density at radius 1 is 1.17 bits per heavy atom. The molecule has 0 amide bonds. The maximum Gasteiger partial charge on any atom is 0.146 e. The number of nitrogens with zero attached hydrogens (tertiary/aromatic N) is 3. The number of hydrogen-bond donors (Lipinski definition) is 1. The highest BCUT2D eigenvalue weighted by atomic mass is 16.5. The Bertz CT molecular complexity index is 1170. The molecule has 0 radical (unpaired) electrons. The molecule has 4 aromatic rings. The van der Waals surface area contributed by atoms with Crippen LogP contribution >= 0.6 is 0 Å². The first kappa shape index (κ1) is 18.8. The smallest absolute Gasteiger partial charge is 0.146 e. The Hall–Kier alpha value is -3.16. The maximum absolute atomic E-state index is 6.24. The predicted octanol–water partition coefficient (Wildman–Crippen LogP) is 3.32. The molecule has 1 aromatic carbocycles. The lowest BCUT2D eigenvalue weighted by Crippen LogP contribution is -2.19. The number of hydrogen-bond acceptors (Lipinski definition) is 6. The van der Waals surface area contributed by atoms with Crippen molar-refractivity contribution in [2.24, 2.45) is 0 Å². The third kappa shape index (κ3) is 3.69. The highest BCUT2D eigenvalue weighted by Gasteiger charge is 2.18. The van der Waals surface area contributed by atoms with Crippen molar-refractivity contribution in [2.45, 2.75) is 12.5 Å². The van der Waals surface area contributed by atoms with Crippen LogP contribution in [0.1, 0.15) is 6.42 Å². The Balaban J connectivity index is 1.48. The number of imidazole rings is 1. The summed E-state index contributed by atoms with van der Waals surface area (Å²) in [5.74, 6) is 1.59. The van der Waals surface area contributed by atoms with Crippen LogP contribution < -0.4 is 14.8 Å². The summed E-state index contributed by atoms with van der Waals surface area (Å²) in [7, 11) is 1.66. The average molecular weight is 404 g/mol. The van der Waals surface area contributed by atoms with Crippen LogP contribution in [0.4, 0.5) is 0 Å². The number of fused-ring (bicyclic) bond motifs is 2. The fourth-order valence-corrected chi connectivity index (χ4v) is 3.75. The van der Waals surface area contributed by atoms with Crippen LogP contribution in [0.2, 0.25) is 0 Å². The molecule has 30 heavy (non-hydrogen) atoms. The van der Waals surface area contributed by atoms with Gasteiger partial charge in [-0.15, -0.1) is 0 Å². The molecule has 3 aromatic heterocycles. The third-order valence-electron chi connectivity index (χ3n) is 5.30. The van der Waals surface area contributed by atoms with Crippen LogP contribution in [-0.4, -0.2) is 53.9 Å². The van der Waals surface area contributed by atoms with Crippen molar-refractivity contribution in [3.63, 3.8) is 0 Å². The van der Waals surface area contributed by atoms with E-state index in [1.165, 1.54) is 0 Å². The van der Waals surface area contributed by atoms with Crippen LogP contribution in [0.15, 0.2) is 54.9 Å². The van der Waals surface area contributed by atoms with Gasteiger partial charge in [-0.2, -0.15) is 0 Å². The predicted molar refractivity (Wildman–Crippen MR) is 115 cm³/mol. The van der Waals surface area contributed by atoms with Crippen LogP contribution in [0.25, 0.3) is 27.9 Å². The van der Waals surface area contributed by atoms with Crippen LogP contribution in [0.3, 0.4) is 0 Å². The molecule has 7 nitrogen and oxygen atoms in total. The van der Waals surface area contributed by atoms with E-state index in [0.29, 0.717) is 13.2 Å². The molecule has 0 aliphatic carbocycles. The minimum Gasteiger partial charge on any atom is -0.491 e. The van der Waals surface area contributed by atoms with Gasteiger partial charge < -0.3 is 19.5 Å². The summed E-state index contributed by atoms with van der Waals surface area (Å²) in [5.41, 5.74) is 3.45. The number of ether oxygens (including phenoxy) is 3. The summed E-state index contributed by atoms with van der Waals surface area (Å²) in [5, 5.41) is 4.40. The lowest BCUT2D eigenvalue weighted by molar-refractivity contribution is 0.146. The van der Waals surface area contributed by atoms with Gasteiger partial charge in [-0.3, -0.25) is 4.40 Å². The van der Waals surface area contributed by atoms with Gasteiger partial charge in [0.25, 0.3) is 0 Å². The van der Waals surface area contributed by atoms with Gasteiger partial charge in [0.05, 0.1) is 24.2 Å². The topological polar surface area (TPSA) is 69.9 Å². The van der Waals surface area contributed by atoms with Crippen molar-refractivity contribution in [1.82, 2.24) is 19.7 Å². The molecule has 1 aliphatic rings. The van der Waals surface area contributed by atoms with Crippen molar-refractivity contribution in [3.8, 4) is 22.9 Å². The van der Waals surface area contributed by atoms with Gasteiger partial charge in [-0.05, 0) is 31.2 Å². The SMILES string of the molecule is COCCOc1ccn2c(-c3ccc4cccc(O[C@H]5CCNC5)c4n3)cnc2c1. The molecular weight excluding hydrogens is 380 g/mol. The first-order valence-electron chi connectivity index (χ1n) is 10.2. The summed E-state index contributed by atoms with van der Waals surface area (Å²) in [6.07, 6.45) is 5.00. The summed E-state index contributed by atoms with van der Waals surface area (Å²) >= 11 is 0. The molecule has 0 unspecified atom stereocenters. The van der Waals surface area contributed by atoms with E-state index >= 15 is 0 Å². The van der Waals surface area contributed by atoms with E-state index in [-0.39, 0.29) is 6.10 Å². The van der Waals surface area contributed by atoms with Crippen molar-refractivity contribution < 1.29 is 14.2 Å². The third-order valence-corrected chi connectivity index (χ3v) is 5.30. The minimum atomic E-state index is 0.188. The standard InChI is InChI=1S/C23H24N4O3/c1-28-11-12-29-17-8-10-27-20(15-25-22(27)13-17)19-6-5-16-3-2-4-21(23(16)26-19)30-18-7-9-24-14-18/h2-6,8,10,13,15,18,24H,7,9,11-12,14H2,1H3/t18-/m0/s1. The molecule has 5 rings (SSSR count). The van der Waals surface area contributed by atoms with Crippen LogP contribution in [0, 0.1) is 0 Å². The molecule has 1 aliphatic heterocycles. The van der Waals surface area contributed by atoms with E-state index in [1.807, 2.05) is 47.1 Å². The van der Waals surface area contributed by atoms with E-state index in [9.17, 15) is 0 Å². The molecule has 1 N–H and O–H groups in total. The molecule has 0 spiro atoms. The fourth-order valence-electron chi connectivity index (χ4n) is 3.75. The molecule has 0 saturated carbocycles. The van der Waals surface area contributed by atoms with Gasteiger partial charge in [0.1, 0.15) is 35.4 Å². The van der Waals surface area contributed by atoms with Crippen molar-refractivity contribution in [3.05, 3.63) is 54.9 Å². The zero-order valence-corrected chi connectivity index (χ0v) is 16.9. The van der Waals surface area contributed by atoms with E-state index in [4.69, 9.17) is 19.2 Å². The molecule has 1 saturated heterocycles. The molecule has 1 atom stereocenters. The fraction of sp³-hybridized carbons (Fsp3) is 0.304. The number of rotatable bonds is 7. The quantitative estimate of drug-likeness (QED) is 0.477. The van der Waals surface area contributed by atoms with Gasteiger partial charge in [-0.25, -0.2) is 9.97 Å². The monoisotopic (exact) mass is 404 g/mol. The molecule has 1 fully saturated rings. The largest absolute Gasteiger partial charge is 0.491 e. The van der Waals surface area contributed by atoms with Crippen LogP contribution in [-0.2, 0) is 4.74 Å². The summed E-state index contributed by atoms with van der Waals surface area (Å²) in [6, 6.07) is 14.0. The first-order chi connectivity index (χ1) is 14.8. The van der Waals surface area contributed by atoms with E-state index in [2.05, 4.69) is 22.4 Å². The molecular formula is C23H24N4O3. The van der Waals surface area contributed by atoms with Crippen LogP contribution in [0.5, 0.6) is 11.5 Å². The van der Waals surface area contributed by atoms with Crippen molar-refractivity contribution in [1.29, 1.82) is 0 Å². The number of pyridine rings is 2. The second-order valence-corrected chi connectivity index (χ2v) is 7.33. The minimum absolute atomic E-state index is 0.188. The van der Waals surface area contributed by atoms with Gasteiger partial charge >= 0.3 is 0 Å². The highest BCUT2D eigenvalue weighted by molar-refractivity contribution is 5.86. The van der Waals surface area contributed by atoms with E-state index < -0.39 is 0 Å². The van der Waals surface area contributed by atoms with Crippen molar-refractivity contribution >= 4 is 16.6 Å². The summed E-state index contributed by atoms with van der Waals surface area (Å²) in [6.45, 7) is 2.92. The number of methoxy groups -OCH3 is 1. The Kier molecular flexibility index (Phi) is 5.21. The van der Waals surface area contributed by atoms with Gasteiger partial charge in [0.15, 0.2) is 0 Å². The Morgan fingerprint density at radius 2 is 2.13 bits per heavy atom. The van der Waals surface area contributed by atoms with E-state index in [1.54, 1.807) is 7.11 Å². The Morgan fingerprint density at radius 3 is 3.00 bits per heavy atom. The van der Waals surface area contributed by atoms with Gasteiger partial charge in [0.2, 0.25) is 0 Å². The number of para-hydroxylation sites is 1. The zero-order chi connectivity index (χ0) is 20.3. The normalized spacial score (nSPS) is 16.4. The molecule has 4 heterocycles. The lowest BCUT2D eigenvalue weighted by Gasteiger charge is -2.14. The lowest BCUT2D eigenvalue weighted by atomic mass is 10.1. The number of benzene rings is 1. The average Bonchev–Trinajstić information content (AvgIpc) is 3.43. The molecule has 154 valence electrons. The highest BCUT2D eigenvalue weighted by Crippen LogP contribution is 2.29. The maximum atomic E-state index is 6.24. The summed E-state index contributed by atoms with van der Waals surface area (Å²) < 4.78 is 19.0. The zero-order valence-electron chi connectivity index (χ0n) is 16.9.